The van der Waals surface area contributed by atoms with Crippen molar-refractivity contribution in [2.45, 2.75) is 137 Å². The first-order chi connectivity index (χ1) is 27.4. The number of carbonyl (C=O) groups is 2. The van der Waals surface area contributed by atoms with Crippen molar-refractivity contribution < 1.29 is 128 Å². The molecule has 29 nitrogen and oxygen atoms in total. The fourth-order valence-electron chi connectivity index (χ4n) is 6.63. The molecule has 344 valence electrons. The van der Waals surface area contributed by atoms with Crippen LogP contribution in [0.1, 0.15) is 13.8 Å². The van der Waals surface area contributed by atoms with E-state index in [1.54, 1.807) is 0 Å². The largest absolute Gasteiger partial charge is 0.397 e. The highest BCUT2D eigenvalue weighted by Crippen LogP contribution is 2.35. The molecule has 59 heavy (non-hydrogen) atoms. The minimum Gasteiger partial charge on any atom is -0.394 e. The molecule has 0 radical (unpaired) electrons. The quantitative estimate of drug-likeness (QED) is 0.0639. The van der Waals surface area contributed by atoms with Crippen LogP contribution in [0.3, 0.4) is 0 Å². The first-order valence-electron chi connectivity index (χ1n) is 17.4. The van der Waals surface area contributed by atoms with Crippen molar-refractivity contribution in [3.63, 3.8) is 0 Å². The van der Waals surface area contributed by atoms with Gasteiger partial charge in [0.2, 0.25) is 11.8 Å². The van der Waals surface area contributed by atoms with Crippen LogP contribution in [0, 0.1) is 0 Å². The van der Waals surface area contributed by atoms with E-state index in [9.17, 15) is 82.0 Å². The molecule has 0 unspecified atom stereocenters. The van der Waals surface area contributed by atoms with E-state index in [0.29, 0.717) is 0 Å². The average molecular weight is 909 g/mol. The summed E-state index contributed by atoms with van der Waals surface area (Å²) in [6.45, 7) is -2.46. The van der Waals surface area contributed by atoms with E-state index in [2.05, 4.69) is 19.0 Å². The lowest BCUT2D eigenvalue weighted by molar-refractivity contribution is -0.376. The van der Waals surface area contributed by atoms with E-state index in [-0.39, 0.29) is 0 Å². The predicted molar refractivity (Wildman–Crippen MR) is 178 cm³/mol. The third kappa shape index (κ3) is 12.6. The third-order valence-electron chi connectivity index (χ3n) is 9.41. The molecule has 0 aromatic carbocycles. The monoisotopic (exact) mass is 908 g/mol. The second-order valence-electron chi connectivity index (χ2n) is 13.7. The van der Waals surface area contributed by atoms with Crippen LogP contribution in [-0.2, 0) is 71.9 Å². The standard InChI is InChI=1S/C28H48N2O27S2/c1-7(33)29-13-17(37)22(11(51-25(13)42)5-49-58(43,44)45)56-28-21(41)24(16(36)10(4-32)53-28)57-26-14(30-8(2)34)18(38)23(12(54-26)6-50-59(46,47)48)55-27-20(40)19(39)15(35)9(3-31)52-27/h9-28,31-32,35-42H,3-6H2,1-2H3,(H,29,33)(H,30,34)(H,43,44,45)(H,46,47,48)/t9-,10-,11-,12-,13-,14-,15+,16+,17-,18-,19+,20-,21-,22-,23-,24+,25-,26+,27+,28+/m1/s1. The van der Waals surface area contributed by atoms with Gasteiger partial charge in [-0.15, -0.1) is 0 Å². The van der Waals surface area contributed by atoms with Crippen LogP contribution in [0.4, 0.5) is 0 Å². The number of hydrogen-bond acceptors (Lipinski definition) is 25. The number of carbonyl (C=O) groups excluding carboxylic acids is 2. The van der Waals surface area contributed by atoms with E-state index >= 15 is 0 Å². The molecule has 2 amide bonds. The topological polar surface area (TPSA) is 452 Å². The minimum atomic E-state index is -5.28. The summed E-state index contributed by atoms with van der Waals surface area (Å²) in [6, 6.07) is -3.56. The van der Waals surface area contributed by atoms with E-state index in [4.69, 9.17) is 37.7 Å². The van der Waals surface area contributed by atoms with Gasteiger partial charge in [0, 0.05) is 13.8 Å². The smallest absolute Gasteiger partial charge is 0.394 e. The molecule has 0 spiro atoms. The highest BCUT2D eigenvalue weighted by atomic mass is 32.3. The maximum atomic E-state index is 12.4. The molecular weight excluding hydrogens is 860 g/mol. The average Bonchev–Trinajstić information content (AvgIpc) is 3.13. The van der Waals surface area contributed by atoms with E-state index < -0.39 is 182 Å². The molecule has 14 N–H and O–H groups in total. The zero-order valence-corrected chi connectivity index (χ0v) is 32.3. The molecule has 0 aromatic rings. The van der Waals surface area contributed by atoms with Gasteiger partial charge in [-0.25, -0.2) is 8.37 Å². The maximum Gasteiger partial charge on any atom is 0.397 e. The summed E-state index contributed by atoms with van der Waals surface area (Å²) >= 11 is 0. The molecule has 0 aliphatic carbocycles. The summed E-state index contributed by atoms with van der Waals surface area (Å²) in [6.07, 6.45) is -36.0. The van der Waals surface area contributed by atoms with Crippen LogP contribution in [0.2, 0.25) is 0 Å². The Morgan fingerprint density at radius 1 is 0.508 bits per heavy atom. The lowest BCUT2D eigenvalue weighted by Gasteiger charge is -2.50. The molecular formula is C28H48N2O27S2. The number of rotatable bonds is 16. The Morgan fingerprint density at radius 2 is 0.915 bits per heavy atom. The SMILES string of the molecule is CC(=O)N[C@@H]1[C@@H](O)[C@H](O[C@@H]2O[C@H](CO)[C@H](O)[C@H](O[C@@H]3O[C@H](COS(=O)(=O)O)[C@@H](O[C@@H]4O[C@H](CO)[C@H](O)[C@H](O)[C@H]4O)[C@H](O)[C@H]3NC(C)=O)[C@H]2O)[C@@H](COS(=O)(=O)O)O[C@H]1O. The summed E-state index contributed by atoms with van der Waals surface area (Å²) < 4.78 is 112. The Morgan fingerprint density at radius 3 is 1.39 bits per heavy atom. The first kappa shape index (κ1) is 49.7. The van der Waals surface area contributed by atoms with Gasteiger partial charge in [-0.3, -0.25) is 18.7 Å². The van der Waals surface area contributed by atoms with Crippen molar-refractivity contribution in [1.82, 2.24) is 10.6 Å². The van der Waals surface area contributed by atoms with Crippen LogP contribution in [-0.4, -0.2) is 238 Å². The zero-order valence-electron chi connectivity index (χ0n) is 30.7. The highest BCUT2D eigenvalue weighted by Gasteiger charge is 2.56. The summed E-state index contributed by atoms with van der Waals surface area (Å²) in [5, 5.41) is 111. The van der Waals surface area contributed by atoms with Gasteiger partial charge < -0.3 is 94.9 Å². The normalized spacial score (nSPS) is 43.5. The van der Waals surface area contributed by atoms with Gasteiger partial charge in [-0.1, -0.05) is 0 Å². The van der Waals surface area contributed by atoms with Gasteiger partial charge in [0.1, 0.15) is 97.5 Å². The highest BCUT2D eigenvalue weighted by molar-refractivity contribution is 7.81. The molecule has 4 heterocycles. The number of aliphatic hydroxyl groups excluding tert-OH is 10. The fourth-order valence-corrected chi connectivity index (χ4v) is 7.24. The fraction of sp³-hybridized carbons (Fsp3) is 0.929. The molecule has 4 aliphatic rings. The molecule has 0 aromatic heterocycles. The van der Waals surface area contributed by atoms with Gasteiger partial charge >= 0.3 is 20.8 Å². The Bertz CT molecular complexity index is 1630. The maximum absolute atomic E-state index is 12.4. The summed E-state index contributed by atoms with van der Waals surface area (Å²) in [7, 11) is -10.5. The van der Waals surface area contributed by atoms with Crippen molar-refractivity contribution in [1.29, 1.82) is 0 Å². The van der Waals surface area contributed by atoms with E-state index in [1.165, 1.54) is 0 Å². The van der Waals surface area contributed by atoms with Crippen molar-refractivity contribution in [3.8, 4) is 0 Å². The Kier molecular flexibility index (Phi) is 17.2. The molecule has 20 atom stereocenters. The lowest BCUT2D eigenvalue weighted by atomic mass is 9.94. The Balaban J connectivity index is 1.66. The molecule has 4 rings (SSSR count). The van der Waals surface area contributed by atoms with Gasteiger partial charge in [0.25, 0.3) is 0 Å². The van der Waals surface area contributed by atoms with Gasteiger partial charge in [-0.05, 0) is 0 Å². The van der Waals surface area contributed by atoms with Crippen molar-refractivity contribution in [2.24, 2.45) is 0 Å². The van der Waals surface area contributed by atoms with Crippen molar-refractivity contribution >= 4 is 32.6 Å². The van der Waals surface area contributed by atoms with E-state index in [0.717, 1.165) is 13.8 Å². The first-order valence-corrected chi connectivity index (χ1v) is 20.1. The van der Waals surface area contributed by atoms with Crippen molar-refractivity contribution in [2.75, 3.05) is 26.4 Å². The second kappa shape index (κ2) is 20.5. The van der Waals surface area contributed by atoms with Crippen molar-refractivity contribution in [3.05, 3.63) is 0 Å². The number of hydrogen-bond donors (Lipinski definition) is 14. The minimum absolute atomic E-state index is 0.807. The molecule has 0 bridgehead atoms. The Hall–Kier alpha value is -2.00. The number of ether oxygens (including phenoxy) is 7. The number of nitrogens with one attached hydrogen (secondary N) is 2. The molecule has 4 fully saturated rings. The van der Waals surface area contributed by atoms with Crippen LogP contribution >= 0.6 is 0 Å². The van der Waals surface area contributed by atoms with E-state index in [1.807, 2.05) is 0 Å². The second-order valence-corrected chi connectivity index (χ2v) is 15.9. The van der Waals surface area contributed by atoms with Gasteiger partial charge in [0.05, 0.1) is 26.4 Å². The molecule has 31 heteroatoms. The van der Waals surface area contributed by atoms with Crippen LogP contribution < -0.4 is 10.6 Å². The molecule has 0 saturated carbocycles. The summed E-state index contributed by atoms with van der Waals surface area (Å²) in [4.78, 5) is 24.2. The Labute approximate surface area is 334 Å². The van der Waals surface area contributed by atoms with Crippen LogP contribution in [0.25, 0.3) is 0 Å². The van der Waals surface area contributed by atoms with Crippen LogP contribution in [0.5, 0.6) is 0 Å². The number of aliphatic hydroxyl groups is 10. The summed E-state index contributed by atoms with van der Waals surface area (Å²) in [5.41, 5.74) is 0. The number of amides is 2. The van der Waals surface area contributed by atoms with Gasteiger partial charge in [0.15, 0.2) is 25.2 Å². The van der Waals surface area contributed by atoms with Gasteiger partial charge in [-0.2, -0.15) is 16.8 Å². The van der Waals surface area contributed by atoms with Crippen LogP contribution in [0.15, 0.2) is 0 Å². The molecule has 4 aliphatic heterocycles. The zero-order chi connectivity index (χ0) is 44.3. The summed E-state index contributed by atoms with van der Waals surface area (Å²) in [5.74, 6) is -1.72. The lowest BCUT2D eigenvalue weighted by Crippen LogP contribution is -2.70. The third-order valence-corrected chi connectivity index (χ3v) is 10.3. The molecule has 4 saturated heterocycles. The predicted octanol–water partition coefficient (Wildman–Crippen LogP) is -9.81.